The predicted octanol–water partition coefficient (Wildman–Crippen LogP) is 2.26. The molecule has 0 spiro atoms. The van der Waals surface area contributed by atoms with Crippen LogP contribution in [0.4, 0.5) is 0 Å². The van der Waals surface area contributed by atoms with E-state index in [1.165, 1.54) is 0 Å². The first kappa shape index (κ1) is 11.9. The Labute approximate surface area is 102 Å². The van der Waals surface area contributed by atoms with Crippen LogP contribution < -0.4 is 0 Å². The molecule has 0 aliphatic rings. The van der Waals surface area contributed by atoms with Crippen LogP contribution in [0, 0.1) is 0 Å². The average molecular weight is 230 g/mol. The summed E-state index contributed by atoms with van der Waals surface area (Å²) in [4.78, 5) is 0. The third kappa shape index (κ3) is 2.56. The smallest absolute Gasteiger partial charge is 0.112 e. The zero-order valence-corrected chi connectivity index (χ0v) is 10.3. The molecular formula is C14H18N2O. The Bertz CT molecular complexity index is 478. The number of benzene rings is 1. The quantitative estimate of drug-likeness (QED) is 0.875. The Morgan fingerprint density at radius 1 is 1.24 bits per heavy atom. The topological polar surface area (TPSA) is 38.0 Å². The first-order valence-corrected chi connectivity index (χ1v) is 5.90. The number of aliphatic hydroxyl groups is 1. The van der Waals surface area contributed by atoms with Crippen LogP contribution in [0.2, 0.25) is 0 Å². The summed E-state index contributed by atoms with van der Waals surface area (Å²) in [5.74, 6) is 0. The van der Waals surface area contributed by atoms with Gasteiger partial charge < -0.3 is 5.11 Å². The Morgan fingerprint density at radius 2 is 1.94 bits per heavy atom. The third-order valence-electron chi connectivity index (χ3n) is 3.11. The molecule has 1 heterocycles. The van der Waals surface area contributed by atoms with Gasteiger partial charge in [-0.2, -0.15) is 5.10 Å². The predicted molar refractivity (Wildman–Crippen MR) is 67.5 cm³/mol. The van der Waals surface area contributed by atoms with Crippen molar-refractivity contribution >= 4 is 0 Å². The SMILES string of the molecule is CCC(O)(Cc1ccccc1)c1ccn(C)n1. The third-order valence-corrected chi connectivity index (χ3v) is 3.11. The molecule has 1 aromatic heterocycles. The average Bonchev–Trinajstić information content (AvgIpc) is 2.78. The van der Waals surface area contributed by atoms with Gasteiger partial charge in [-0.1, -0.05) is 37.3 Å². The number of aryl methyl sites for hydroxylation is 1. The van der Waals surface area contributed by atoms with Gasteiger partial charge in [-0.25, -0.2) is 0 Å². The Morgan fingerprint density at radius 3 is 2.47 bits per heavy atom. The molecule has 1 aromatic carbocycles. The fourth-order valence-electron chi connectivity index (χ4n) is 1.99. The van der Waals surface area contributed by atoms with Crippen LogP contribution in [-0.2, 0) is 19.1 Å². The standard InChI is InChI=1S/C14H18N2O/c1-3-14(17,13-9-10-16(2)15-13)11-12-7-5-4-6-8-12/h4-10,17H,3,11H2,1-2H3. The molecule has 17 heavy (non-hydrogen) atoms. The maximum Gasteiger partial charge on any atom is 0.112 e. The van der Waals surface area contributed by atoms with Crippen molar-refractivity contribution in [1.82, 2.24) is 9.78 Å². The van der Waals surface area contributed by atoms with Crippen LogP contribution in [-0.4, -0.2) is 14.9 Å². The molecule has 90 valence electrons. The molecule has 1 atom stereocenters. The number of hydrogen-bond donors (Lipinski definition) is 1. The van der Waals surface area contributed by atoms with E-state index in [1.54, 1.807) is 4.68 Å². The number of rotatable bonds is 4. The van der Waals surface area contributed by atoms with E-state index in [4.69, 9.17) is 0 Å². The lowest BCUT2D eigenvalue weighted by atomic mass is 9.89. The molecule has 1 unspecified atom stereocenters. The van der Waals surface area contributed by atoms with Crippen molar-refractivity contribution in [3.8, 4) is 0 Å². The van der Waals surface area contributed by atoms with Crippen molar-refractivity contribution in [1.29, 1.82) is 0 Å². The molecule has 2 rings (SSSR count). The number of aromatic nitrogens is 2. The van der Waals surface area contributed by atoms with Gasteiger partial charge >= 0.3 is 0 Å². The van der Waals surface area contributed by atoms with Crippen molar-refractivity contribution in [2.24, 2.45) is 7.05 Å². The molecule has 0 saturated heterocycles. The van der Waals surface area contributed by atoms with Crippen LogP contribution in [0.3, 0.4) is 0 Å². The highest BCUT2D eigenvalue weighted by Crippen LogP contribution is 2.27. The van der Waals surface area contributed by atoms with Crippen molar-refractivity contribution in [3.05, 3.63) is 53.9 Å². The molecule has 2 aromatic rings. The second-order valence-electron chi connectivity index (χ2n) is 4.42. The van der Waals surface area contributed by atoms with Crippen LogP contribution in [0.1, 0.15) is 24.6 Å². The molecule has 1 N–H and O–H groups in total. The fourth-order valence-corrected chi connectivity index (χ4v) is 1.99. The van der Waals surface area contributed by atoms with E-state index >= 15 is 0 Å². The second-order valence-corrected chi connectivity index (χ2v) is 4.42. The van der Waals surface area contributed by atoms with E-state index < -0.39 is 5.60 Å². The van der Waals surface area contributed by atoms with Gasteiger partial charge in [0, 0.05) is 19.7 Å². The monoisotopic (exact) mass is 230 g/mol. The van der Waals surface area contributed by atoms with E-state index in [2.05, 4.69) is 5.10 Å². The van der Waals surface area contributed by atoms with Crippen LogP contribution in [0.5, 0.6) is 0 Å². The van der Waals surface area contributed by atoms with Crippen LogP contribution in [0.25, 0.3) is 0 Å². The van der Waals surface area contributed by atoms with Crippen molar-refractivity contribution in [2.75, 3.05) is 0 Å². The fraction of sp³-hybridized carbons (Fsp3) is 0.357. The number of nitrogens with zero attached hydrogens (tertiary/aromatic N) is 2. The molecule has 0 saturated carbocycles. The lowest BCUT2D eigenvalue weighted by Crippen LogP contribution is -2.28. The van der Waals surface area contributed by atoms with Gasteiger partial charge in [0.1, 0.15) is 5.60 Å². The summed E-state index contributed by atoms with van der Waals surface area (Å²) in [5.41, 5.74) is 0.997. The molecule has 0 radical (unpaired) electrons. The highest BCUT2D eigenvalue weighted by Gasteiger charge is 2.29. The normalized spacial score (nSPS) is 14.5. The van der Waals surface area contributed by atoms with E-state index in [0.717, 1.165) is 11.3 Å². The first-order chi connectivity index (χ1) is 8.14. The first-order valence-electron chi connectivity index (χ1n) is 5.90. The zero-order chi connectivity index (χ0) is 12.3. The van der Waals surface area contributed by atoms with Gasteiger partial charge in [-0.15, -0.1) is 0 Å². The van der Waals surface area contributed by atoms with E-state index in [0.29, 0.717) is 12.8 Å². The van der Waals surface area contributed by atoms with Crippen molar-refractivity contribution < 1.29 is 5.11 Å². The van der Waals surface area contributed by atoms with Gasteiger partial charge in [0.25, 0.3) is 0 Å². The Hall–Kier alpha value is -1.61. The molecule has 0 aliphatic heterocycles. The Balaban J connectivity index is 2.26. The van der Waals surface area contributed by atoms with Crippen molar-refractivity contribution in [2.45, 2.75) is 25.4 Å². The van der Waals surface area contributed by atoms with Gasteiger partial charge in [-0.05, 0) is 18.1 Å². The second kappa shape index (κ2) is 4.72. The van der Waals surface area contributed by atoms with E-state index in [-0.39, 0.29) is 0 Å². The summed E-state index contributed by atoms with van der Waals surface area (Å²) >= 11 is 0. The van der Waals surface area contributed by atoms with Crippen LogP contribution in [0.15, 0.2) is 42.6 Å². The largest absolute Gasteiger partial charge is 0.383 e. The molecule has 0 aliphatic carbocycles. The molecule has 3 heteroatoms. The maximum absolute atomic E-state index is 10.7. The molecule has 3 nitrogen and oxygen atoms in total. The van der Waals surface area contributed by atoms with Gasteiger partial charge in [-0.3, -0.25) is 4.68 Å². The molecule has 0 fully saturated rings. The zero-order valence-electron chi connectivity index (χ0n) is 10.3. The van der Waals surface area contributed by atoms with E-state index in [1.807, 2.05) is 56.6 Å². The van der Waals surface area contributed by atoms with Gasteiger partial charge in [0.05, 0.1) is 5.69 Å². The summed E-state index contributed by atoms with van der Waals surface area (Å²) in [6.45, 7) is 1.98. The molecular weight excluding hydrogens is 212 g/mol. The summed E-state index contributed by atoms with van der Waals surface area (Å²) < 4.78 is 1.72. The Kier molecular flexibility index (Phi) is 3.29. The van der Waals surface area contributed by atoms with Crippen LogP contribution >= 0.6 is 0 Å². The molecule has 0 amide bonds. The summed E-state index contributed by atoms with van der Waals surface area (Å²) in [5, 5.41) is 15.0. The van der Waals surface area contributed by atoms with E-state index in [9.17, 15) is 5.11 Å². The minimum Gasteiger partial charge on any atom is -0.383 e. The molecule has 0 bridgehead atoms. The number of hydrogen-bond acceptors (Lipinski definition) is 2. The highest BCUT2D eigenvalue weighted by atomic mass is 16.3. The summed E-state index contributed by atoms with van der Waals surface area (Å²) in [6, 6.07) is 11.9. The summed E-state index contributed by atoms with van der Waals surface area (Å²) in [7, 11) is 1.86. The minimum atomic E-state index is -0.872. The lowest BCUT2D eigenvalue weighted by molar-refractivity contribution is 0.0278. The maximum atomic E-state index is 10.7. The summed E-state index contributed by atoms with van der Waals surface area (Å²) in [6.07, 6.45) is 3.11. The van der Waals surface area contributed by atoms with Gasteiger partial charge in [0.2, 0.25) is 0 Å². The minimum absolute atomic E-state index is 0.599. The van der Waals surface area contributed by atoms with Gasteiger partial charge in [0.15, 0.2) is 0 Å². The highest BCUT2D eigenvalue weighted by molar-refractivity contribution is 5.21. The van der Waals surface area contributed by atoms with Crippen molar-refractivity contribution in [3.63, 3.8) is 0 Å². The lowest BCUT2D eigenvalue weighted by Gasteiger charge is -2.24.